The first-order chi connectivity index (χ1) is 52.7. The van der Waals surface area contributed by atoms with Crippen LogP contribution in [0.4, 0.5) is 0 Å². The van der Waals surface area contributed by atoms with E-state index >= 15 is 0 Å². The minimum absolute atomic E-state index is 0.0382. The molecule has 0 rings (SSSR count). The maximum absolute atomic E-state index is 13.1. The lowest BCUT2D eigenvalue weighted by Crippen LogP contribution is -2.30. The van der Waals surface area contributed by atoms with Crippen LogP contribution in [0, 0.1) is 0 Å². The molecule has 2 unspecified atom stereocenters. The molecule has 0 aliphatic heterocycles. The second kappa shape index (κ2) is 80.5. The number of ether oxygens (including phenoxy) is 4. The summed E-state index contributed by atoms with van der Waals surface area (Å²) in [7, 11) is -9.99. The molecule has 0 spiro atoms. The van der Waals surface area contributed by atoms with E-state index in [1.807, 2.05) is 12.2 Å². The van der Waals surface area contributed by atoms with Gasteiger partial charge >= 0.3 is 39.5 Å². The SMILES string of the molecule is CC/C=C\C/C=C\C/C=C\C/C=C\C/C=C\CCCCCC(=O)O[C@H](COC(=O)CCCCCCCCCCCCCCCCC)COP(=O)(O)OC[C@H](O)COP(=O)(O)OC[C@@H](COC(=O)CC/C=C\C/C=C\C/C=C\C/C=C\C/C=C\CCCCC)OC(=O)CCCCCCCCCCCCCCCCC. The number of aliphatic hydroxyl groups excluding tert-OH is 1. The van der Waals surface area contributed by atoms with Crippen LogP contribution in [0.25, 0.3) is 0 Å². The third kappa shape index (κ3) is 79.5. The molecule has 0 fully saturated rings. The number of rotatable bonds is 80. The fraction of sp³-hybridized carbons (Fsp3) is 0.730. The molecular weight excluding hydrogens is 1400 g/mol. The number of carbonyl (C=O) groups is 4. The van der Waals surface area contributed by atoms with Gasteiger partial charge in [0.2, 0.25) is 0 Å². The number of esters is 4. The van der Waals surface area contributed by atoms with E-state index < -0.39 is 97.5 Å². The van der Waals surface area contributed by atoms with E-state index in [1.54, 1.807) is 0 Å². The molecule has 0 aromatic carbocycles. The molecule has 0 heterocycles. The lowest BCUT2D eigenvalue weighted by Gasteiger charge is -2.21. The Morgan fingerprint density at radius 1 is 0.269 bits per heavy atom. The van der Waals surface area contributed by atoms with E-state index in [2.05, 4.69) is 137 Å². The highest BCUT2D eigenvalue weighted by Crippen LogP contribution is 2.45. The average Bonchev–Trinajstić information content (AvgIpc) is 0.899. The van der Waals surface area contributed by atoms with Gasteiger partial charge in [0.15, 0.2) is 12.2 Å². The average molecular weight is 1560 g/mol. The van der Waals surface area contributed by atoms with Crippen LogP contribution in [0.1, 0.15) is 362 Å². The highest BCUT2D eigenvalue weighted by molar-refractivity contribution is 7.47. The van der Waals surface area contributed by atoms with Crippen molar-refractivity contribution in [3.63, 3.8) is 0 Å². The van der Waals surface area contributed by atoms with Crippen molar-refractivity contribution in [1.29, 1.82) is 0 Å². The Morgan fingerprint density at radius 2 is 0.500 bits per heavy atom. The predicted molar refractivity (Wildman–Crippen MR) is 445 cm³/mol. The molecule has 108 heavy (non-hydrogen) atoms. The zero-order chi connectivity index (χ0) is 78.9. The van der Waals surface area contributed by atoms with Crippen LogP contribution >= 0.6 is 15.6 Å². The first-order valence-corrected chi connectivity index (χ1v) is 45.8. The van der Waals surface area contributed by atoms with Crippen molar-refractivity contribution in [1.82, 2.24) is 0 Å². The van der Waals surface area contributed by atoms with Gasteiger partial charge in [-0.1, -0.05) is 348 Å². The van der Waals surface area contributed by atoms with Crippen molar-refractivity contribution < 1.29 is 80.2 Å². The second-order valence-corrected chi connectivity index (χ2v) is 31.3. The van der Waals surface area contributed by atoms with Gasteiger partial charge in [-0.25, -0.2) is 9.13 Å². The third-order valence-electron chi connectivity index (χ3n) is 18.0. The largest absolute Gasteiger partial charge is 0.472 e. The summed E-state index contributed by atoms with van der Waals surface area (Å²) in [6.45, 7) is 4.68. The smallest absolute Gasteiger partial charge is 0.462 e. The van der Waals surface area contributed by atoms with E-state index in [0.29, 0.717) is 32.1 Å². The Hall–Kier alpha value is -4.54. The molecule has 3 N–H and O–H groups in total. The summed E-state index contributed by atoms with van der Waals surface area (Å²) in [4.78, 5) is 73.2. The molecule has 17 nitrogen and oxygen atoms in total. The van der Waals surface area contributed by atoms with E-state index in [9.17, 15) is 43.2 Å². The third-order valence-corrected chi connectivity index (χ3v) is 19.9. The van der Waals surface area contributed by atoms with E-state index in [4.69, 9.17) is 37.0 Å². The van der Waals surface area contributed by atoms with Crippen LogP contribution in [-0.2, 0) is 65.4 Å². The number of allylic oxidation sites excluding steroid dienone is 20. The summed E-state index contributed by atoms with van der Waals surface area (Å²) < 4.78 is 68.7. The van der Waals surface area contributed by atoms with Crippen molar-refractivity contribution in [2.24, 2.45) is 0 Å². The standard InChI is InChI=1S/C89H154O17P2/c1-5-9-13-17-21-25-29-33-37-39-41-43-47-50-54-58-62-66-70-74-87(92)100-80-84(105-88(93)75-71-67-63-59-55-51-46-36-32-28-24-20-16-12-8-4)81-103-107(95,96)101-77-83(90)78-102-108(97,98)104-82-85(79-99-86(91)73-69-65-61-57-53-49-45-35-31-27-23-19-15-11-7-3)106-89(94)76-72-68-64-60-56-52-48-44-42-40-38-34-30-26-22-18-14-10-6-2/h10,14,21-22,25-26,33-34,37-38,41-44,50,52,54,56,62,66,83-85,90H,5-9,11-13,15-20,23-24,27-32,35-36,39-40,45-49,51,53,55,57-61,63-65,67-82H2,1-4H3,(H,95,96)(H,97,98)/b14-10-,25-21-,26-22-,37-33-,38-34-,43-41-,44-42-,54-50-,56-52-,66-62-/t83-,84-,85-/m1/s1. The number of carbonyl (C=O) groups excluding carboxylic acids is 4. The van der Waals surface area contributed by atoms with E-state index in [1.165, 1.54) is 154 Å². The zero-order valence-corrected chi connectivity index (χ0v) is 70.0. The lowest BCUT2D eigenvalue weighted by atomic mass is 10.0. The fourth-order valence-corrected chi connectivity index (χ4v) is 13.0. The molecule has 0 aliphatic rings. The molecule has 0 aromatic rings. The summed E-state index contributed by atoms with van der Waals surface area (Å²) in [6, 6.07) is 0. The van der Waals surface area contributed by atoms with Crippen molar-refractivity contribution in [3.8, 4) is 0 Å². The molecule has 0 saturated carbocycles. The van der Waals surface area contributed by atoms with Gasteiger partial charge in [0.1, 0.15) is 19.3 Å². The normalized spacial score (nSPS) is 14.4. The summed E-state index contributed by atoms with van der Waals surface area (Å²) in [6.07, 6.45) is 90.3. The summed E-state index contributed by atoms with van der Waals surface area (Å²) in [5.74, 6) is -2.29. The van der Waals surface area contributed by atoms with Crippen molar-refractivity contribution >= 4 is 39.5 Å². The van der Waals surface area contributed by atoms with Crippen molar-refractivity contribution in [3.05, 3.63) is 122 Å². The van der Waals surface area contributed by atoms with Crippen LogP contribution in [0.2, 0.25) is 0 Å². The maximum Gasteiger partial charge on any atom is 0.472 e. The van der Waals surface area contributed by atoms with Gasteiger partial charge in [0.25, 0.3) is 0 Å². The molecule has 0 amide bonds. The van der Waals surface area contributed by atoms with Crippen LogP contribution in [0.15, 0.2) is 122 Å². The Morgan fingerprint density at radius 3 is 0.815 bits per heavy atom. The van der Waals surface area contributed by atoms with Gasteiger partial charge in [-0.15, -0.1) is 0 Å². The highest BCUT2D eigenvalue weighted by Gasteiger charge is 2.30. The quantitative estimate of drug-likeness (QED) is 0.0169. The molecule has 0 radical (unpaired) electrons. The number of hydrogen-bond acceptors (Lipinski definition) is 15. The lowest BCUT2D eigenvalue weighted by molar-refractivity contribution is -0.161. The fourth-order valence-electron chi connectivity index (χ4n) is 11.5. The topological polar surface area (TPSA) is 237 Å². The number of aliphatic hydroxyl groups is 1. The van der Waals surface area contributed by atoms with Gasteiger partial charge in [-0.2, -0.15) is 0 Å². The molecule has 5 atom stereocenters. The van der Waals surface area contributed by atoms with Gasteiger partial charge in [-0.3, -0.25) is 37.3 Å². The molecule has 0 aromatic heterocycles. The number of phosphoric ester groups is 2. The maximum atomic E-state index is 13.1. The van der Waals surface area contributed by atoms with Gasteiger partial charge in [0, 0.05) is 25.7 Å². The summed E-state index contributed by atoms with van der Waals surface area (Å²) >= 11 is 0. The number of phosphoric acid groups is 2. The van der Waals surface area contributed by atoms with Crippen LogP contribution < -0.4 is 0 Å². The number of unbranched alkanes of at least 4 members (excludes halogenated alkanes) is 34. The Labute approximate surface area is 657 Å². The van der Waals surface area contributed by atoms with Crippen molar-refractivity contribution in [2.45, 2.75) is 380 Å². The zero-order valence-electron chi connectivity index (χ0n) is 68.2. The first kappa shape index (κ1) is 103. The highest BCUT2D eigenvalue weighted by atomic mass is 31.2. The molecule has 19 heteroatoms. The molecular formula is C89H154O17P2. The van der Waals surface area contributed by atoms with Crippen LogP contribution in [0.5, 0.6) is 0 Å². The van der Waals surface area contributed by atoms with Gasteiger partial charge < -0.3 is 33.8 Å². The Kier molecular flexibility index (Phi) is 77.1. The second-order valence-electron chi connectivity index (χ2n) is 28.4. The molecule has 0 saturated heterocycles. The monoisotopic (exact) mass is 1560 g/mol. The molecule has 0 aliphatic carbocycles. The first-order valence-electron chi connectivity index (χ1n) is 42.8. The summed E-state index contributed by atoms with van der Waals surface area (Å²) in [5.41, 5.74) is 0. The predicted octanol–water partition coefficient (Wildman–Crippen LogP) is 25.5. The van der Waals surface area contributed by atoms with E-state index in [-0.39, 0.29) is 25.7 Å². The number of hydrogen-bond donors (Lipinski definition) is 3. The Bertz CT molecular complexity index is 2520. The van der Waals surface area contributed by atoms with Gasteiger partial charge in [-0.05, 0) is 109 Å². The molecule has 0 bridgehead atoms. The van der Waals surface area contributed by atoms with Gasteiger partial charge in [0.05, 0.1) is 26.4 Å². The Balaban J connectivity index is 5.45. The molecule has 622 valence electrons. The van der Waals surface area contributed by atoms with Crippen LogP contribution in [0.3, 0.4) is 0 Å². The van der Waals surface area contributed by atoms with E-state index in [0.717, 1.165) is 122 Å². The van der Waals surface area contributed by atoms with Crippen LogP contribution in [-0.4, -0.2) is 96.7 Å². The minimum atomic E-state index is -5.00. The summed E-state index contributed by atoms with van der Waals surface area (Å²) in [5, 5.41) is 10.7. The minimum Gasteiger partial charge on any atom is -0.462 e. The van der Waals surface area contributed by atoms with Crippen molar-refractivity contribution in [2.75, 3.05) is 39.6 Å².